The molecule has 0 saturated carbocycles. The number of amides is 1. The lowest BCUT2D eigenvalue weighted by molar-refractivity contribution is -0.121. The summed E-state index contributed by atoms with van der Waals surface area (Å²) >= 11 is 0. The zero-order valence-electron chi connectivity index (χ0n) is 9.06. The number of hydrogen-bond donors (Lipinski definition) is 1. The maximum Gasteiger partial charge on any atom is 0.254 e. The minimum absolute atomic E-state index is 0.0790. The first-order valence-corrected chi connectivity index (χ1v) is 5.42. The SMILES string of the molecule is O=C(CN1CCCC1)N/N=C\c1ccco1. The van der Waals surface area contributed by atoms with Gasteiger partial charge in [0.15, 0.2) is 0 Å². The number of furan rings is 1. The molecule has 5 nitrogen and oxygen atoms in total. The third kappa shape index (κ3) is 3.20. The summed E-state index contributed by atoms with van der Waals surface area (Å²) in [5, 5.41) is 3.81. The first-order valence-electron chi connectivity index (χ1n) is 5.42. The normalized spacial score (nSPS) is 17.0. The number of rotatable bonds is 4. The van der Waals surface area contributed by atoms with Crippen LogP contribution in [0.25, 0.3) is 0 Å². The van der Waals surface area contributed by atoms with Crippen LogP contribution in [0.3, 0.4) is 0 Å². The van der Waals surface area contributed by atoms with Crippen molar-refractivity contribution in [2.75, 3.05) is 19.6 Å². The molecule has 1 saturated heterocycles. The van der Waals surface area contributed by atoms with E-state index in [4.69, 9.17) is 4.42 Å². The third-order valence-electron chi connectivity index (χ3n) is 2.49. The third-order valence-corrected chi connectivity index (χ3v) is 2.49. The number of carbonyl (C=O) groups excluding carboxylic acids is 1. The van der Waals surface area contributed by atoms with Crippen LogP contribution in [-0.4, -0.2) is 36.7 Å². The summed E-state index contributed by atoms with van der Waals surface area (Å²) in [6, 6.07) is 3.55. The maximum absolute atomic E-state index is 11.4. The smallest absolute Gasteiger partial charge is 0.254 e. The predicted molar refractivity (Wildman–Crippen MR) is 60.1 cm³/mol. The molecule has 0 unspecified atom stereocenters. The fourth-order valence-corrected chi connectivity index (χ4v) is 1.71. The minimum Gasteiger partial charge on any atom is -0.463 e. The number of likely N-dealkylation sites (tertiary alicyclic amines) is 1. The van der Waals surface area contributed by atoms with Crippen molar-refractivity contribution in [1.29, 1.82) is 0 Å². The molecule has 1 fully saturated rings. The summed E-state index contributed by atoms with van der Waals surface area (Å²) in [4.78, 5) is 13.6. The van der Waals surface area contributed by atoms with Gasteiger partial charge in [-0.25, -0.2) is 5.43 Å². The highest BCUT2D eigenvalue weighted by molar-refractivity contribution is 5.81. The highest BCUT2D eigenvalue weighted by Crippen LogP contribution is 2.05. The molecular weight excluding hydrogens is 206 g/mol. The number of carbonyl (C=O) groups is 1. The van der Waals surface area contributed by atoms with E-state index in [-0.39, 0.29) is 5.91 Å². The van der Waals surface area contributed by atoms with E-state index in [0.717, 1.165) is 13.1 Å². The second-order valence-corrected chi connectivity index (χ2v) is 3.79. The number of nitrogens with one attached hydrogen (secondary N) is 1. The molecule has 1 aliphatic rings. The van der Waals surface area contributed by atoms with Crippen molar-refractivity contribution in [2.24, 2.45) is 5.10 Å². The van der Waals surface area contributed by atoms with Gasteiger partial charge in [0, 0.05) is 0 Å². The molecule has 1 aliphatic heterocycles. The molecule has 86 valence electrons. The van der Waals surface area contributed by atoms with Crippen molar-refractivity contribution < 1.29 is 9.21 Å². The highest BCUT2D eigenvalue weighted by atomic mass is 16.3. The molecule has 0 radical (unpaired) electrons. The lowest BCUT2D eigenvalue weighted by Gasteiger charge is -2.11. The Hall–Kier alpha value is -1.62. The molecule has 0 bridgehead atoms. The summed E-state index contributed by atoms with van der Waals surface area (Å²) < 4.78 is 5.04. The zero-order chi connectivity index (χ0) is 11.2. The Bertz CT molecular complexity index is 353. The molecule has 1 N–H and O–H groups in total. The van der Waals surface area contributed by atoms with Crippen molar-refractivity contribution in [3.63, 3.8) is 0 Å². The summed E-state index contributed by atoms with van der Waals surface area (Å²) in [5.41, 5.74) is 2.48. The van der Waals surface area contributed by atoms with Gasteiger partial charge >= 0.3 is 0 Å². The monoisotopic (exact) mass is 221 g/mol. The van der Waals surface area contributed by atoms with Gasteiger partial charge in [-0.2, -0.15) is 5.10 Å². The van der Waals surface area contributed by atoms with Gasteiger partial charge in [-0.3, -0.25) is 9.69 Å². The molecule has 0 aliphatic carbocycles. The summed E-state index contributed by atoms with van der Waals surface area (Å²) in [6.07, 6.45) is 5.42. The molecule has 2 rings (SSSR count). The van der Waals surface area contributed by atoms with Crippen molar-refractivity contribution in [3.8, 4) is 0 Å². The Morgan fingerprint density at radius 1 is 1.56 bits per heavy atom. The van der Waals surface area contributed by atoms with Gasteiger partial charge in [0.2, 0.25) is 0 Å². The second kappa shape index (κ2) is 5.46. The topological polar surface area (TPSA) is 57.8 Å². The van der Waals surface area contributed by atoms with Crippen LogP contribution in [0.15, 0.2) is 27.9 Å². The molecule has 2 heterocycles. The van der Waals surface area contributed by atoms with E-state index in [2.05, 4.69) is 15.4 Å². The summed E-state index contributed by atoms with van der Waals surface area (Å²) in [7, 11) is 0. The van der Waals surface area contributed by atoms with E-state index in [0.29, 0.717) is 12.3 Å². The minimum atomic E-state index is -0.0790. The number of hydrazone groups is 1. The Morgan fingerprint density at radius 2 is 2.38 bits per heavy atom. The predicted octanol–water partition coefficient (Wildman–Crippen LogP) is 0.825. The van der Waals surface area contributed by atoms with Gasteiger partial charge in [-0.15, -0.1) is 0 Å². The summed E-state index contributed by atoms with van der Waals surface area (Å²) in [6.45, 7) is 2.44. The Labute approximate surface area is 94.1 Å². The quantitative estimate of drug-likeness (QED) is 0.605. The van der Waals surface area contributed by atoms with E-state index < -0.39 is 0 Å². The first-order chi connectivity index (χ1) is 7.84. The average Bonchev–Trinajstić information content (AvgIpc) is 2.90. The van der Waals surface area contributed by atoms with Gasteiger partial charge in [-0.1, -0.05) is 0 Å². The molecule has 1 aromatic rings. The molecule has 0 aromatic carbocycles. The Morgan fingerprint density at radius 3 is 3.06 bits per heavy atom. The van der Waals surface area contributed by atoms with Crippen molar-refractivity contribution >= 4 is 12.1 Å². The van der Waals surface area contributed by atoms with Crippen LogP contribution < -0.4 is 5.43 Å². The highest BCUT2D eigenvalue weighted by Gasteiger charge is 2.14. The molecule has 1 aromatic heterocycles. The van der Waals surface area contributed by atoms with Crippen LogP contribution in [0.2, 0.25) is 0 Å². The molecule has 0 spiro atoms. The van der Waals surface area contributed by atoms with Crippen LogP contribution in [0.1, 0.15) is 18.6 Å². The average molecular weight is 221 g/mol. The van der Waals surface area contributed by atoms with E-state index in [1.807, 2.05) is 0 Å². The number of nitrogens with zero attached hydrogens (tertiary/aromatic N) is 2. The van der Waals surface area contributed by atoms with Crippen molar-refractivity contribution in [3.05, 3.63) is 24.2 Å². The molecule has 1 amide bonds. The van der Waals surface area contributed by atoms with E-state index in [1.165, 1.54) is 19.1 Å². The lowest BCUT2D eigenvalue weighted by Crippen LogP contribution is -2.33. The van der Waals surface area contributed by atoms with Crippen molar-refractivity contribution in [2.45, 2.75) is 12.8 Å². The van der Waals surface area contributed by atoms with Crippen LogP contribution in [0, 0.1) is 0 Å². The van der Waals surface area contributed by atoms with Crippen LogP contribution in [-0.2, 0) is 4.79 Å². The van der Waals surface area contributed by atoms with Gasteiger partial charge in [0.25, 0.3) is 5.91 Å². The molecular formula is C11H15N3O2. The largest absolute Gasteiger partial charge is 0.463 e. The van der Waals surface area contributed by atoms with Gasteiger partial charge in [0.05, 0.1) is 19.0 Å². The Balaban J connectivity index is 1.71. The summed E-state index contributed by atoms with van der Waals surface area (Å²) in [5.74, 6) is 0.547. The van der Waals surface area contributed by atoms with Crippen LogP contribution >= 0.6 is 0 Å². The van der Waals surface area contributed by atoms with Gasteiger partial charge in [-0.05, 0) is 38.1 Å². The second-order valence-electron chi connectivity index (χ2n) is 3.79. The Kier molecular flexibility index (Phi) is 3.71. The fraction of sp³-hybridized carbons (Fsp3) is 0.455. The fourth-order valence-electron chi connectivity index (χ4n) is 1.71. The molecule has 0 atom stereocenters. The van der Waals surface area contributed by atoms with Gasteiger partial charge in [0.1, 0.15) is 5.76 Å². The lowest BCUT2D eigenvalue weighted by atomic mass is 10.4. The molecule has 5 heteroatoms. The zero-order valence-corrected chi connectivity index (χ0v) is 9.06. The van der Waals surface area contributed by atoms with Crippen molar-refractivity contribution in [1.82, 2.24) is 10.3 Å². The van der Waals surface area contributed by atoms with E-state index >= 15 is 0 Å². The standard InChI is InChI=1S/C11H15N3O2/c15-11(9-14-5-1-2-6-14)13-12-8-10-4-3-7-16-10/h3-4,7-8H,1-2,5-6,9H2,(H,13,15)/b12-8-. The number of hydrogen-bond acceptors (Lipinski definition) is 4. The van der Waals surface area contributed by atoms with Gasteiger partial charge < -0.3 is 4.42 Å². The van der Waals surface area contributed by atoms with E-state index in [1.54, 1.807) is 18.4 Å². The first kappa shape index (κ1) is 10.9. The van der Waals surface area contributed by atoms with E-state index in [9.17, 15) is 4.79 Å². The van der Waals surface area contributed by atoms with Crippen LogP contribution in [0.4, 0.5) is 0 Å². The molecule has 16 heavy (non-hydrogen) atoms. The maximum atomic E-state index is 11.4. The van der Waals surface area contributed by atoms with Crippen LogP contribution in [0.5, 0.6) is 0 Å².